The minimum absolute atomic E-state index is 0.0659. The highest BCUT2D eigenvalue weighted by molar-refractivity contribution is 5.77. The smallest absolute Gasteiger partial charge is 0.407 e. The lowest BCUT2D eigenvalue weighted by Crippen LogP contribution is -2.47. The Morgan fingerprint density at radius 3 is 2.36 bits per heavy atom. The fraction of sp³-hybridized carbons (Fsp3) is 0.552. The molecule has 212 valence electrons. The molecule has 0 bridgehead atoms. The van der Waals surface area contributed by atoms with Gasteiger partial charge in [-0.05, 0) is 52.0 Å². The number of nitrogens with zero attached hydrogens (tertiary/aromatic N) is 5. The van der Waals surface area contributed by atoms with Gasteiger partial charge in [-0.25, -0.2) is 4.79 Å². The van der Waals surface area contributed by atoms with Crippen LogP contribution in [0.15, 0.2) is 39.6 Å². The van der Waals surface area contributed by atoms with E-state index in [1.807, 2.05) is 71.9 Å². The summed E-state index contributed by atoms with van der Waals surface area (Å²) in [6, 6.07) is 9.10. The van der Waals surface area contributed by atoms with Crippen LogP contribution in [0.5, 0.6) is 0 Å². The summed E-state index contributed by atoms with van der Waals surface area (Å²) in [5.41, 5.74) is 0.699. The van der Waals surface area contributed by atoms with Crippen LogP contribution >= 0.6 is 0 Å². The number of hydrogen-bond acceptors (Lipinski definition) is 6. The Kier molecular flexibility index (Phi) is 9.53. The number of benzene rings is 1. The predicted molar refractivity (Wildman–Crippen MR) is 150 cm³/mol. The van der Waals surface area contributed by atoms with Crippen molar-refractivity contribution in [2.24, 2.45) is 5.92 Å². The van der Waals surface area contributed by atoms with Crippen molar-refractivity contribution in [3.63, 3.8) is 0 Å². The van der Waals surface area contributed by atoms with Crippen molar-refractivity contribution in [3.05, 3.63) is 57.8 Å². The summed E-state index contributed by atoms with van der Waals surface area (Å²) in [5.74, 6) is 0.489. The van der Waals surface area contributed by atoms with Gasteiger partial charge in [0.1, 0.15) is 11.2 Å². The molecule has 0 fully saturated rings. The van der Waals surface area contributed by atoms with Crippen LogP contribution in [0, 0.1) is 12.8 Å². The van der Waals surface area contributed by atoms with E-state index >= 15 is 0 Å². The third-order valence-corrected chi connectivity index (χ3v) is 6.77. The summed E-state index contributed by atoms with van der Waals surface area (Å²) in [4.78, 5) is 47.1. The van der Waals surface area contributed by atoms with Gasteiger partial charge in [-0.3, -0.25) is 14.2 Å². The zero-order valence-electron chi connectivity index (χ0n) is 24.1. The van der Waals surface area contributed by atoms with E-state index in [0.717, 1.165) is 5.56 Å². The highest BCUT2D eigenvalue weighted by Gasteiger charge is 2.31. The first-order valence-corrected chi connectivity index (χ1v) is 13.6. The second-order valence-electron chi connectivity index (χ2n) is 11.4. The maximum absolute atomic E-state index is 13.8. The van der Waals surface area contributed by atoms with Gasteiger partial charge in [0.05, 0.1) is 18.3 Å². The van der Waals surface area contributed by atoms with E-state index in [-0.39, 0.29) is 36.2 Å². The Morgan fingerprint density at radius 1 is 1.13 bits per heavy atom. The van der Waals surface area contributed by atoms with Crippen LogP contribution in [-0.2, 0) is 11.3 Å². The molecule has 2 heterocycles. The van der Waals surface area contributed by atoms with Crippen molar-refractivity contribution in [3.8, 4) is 0 Å². The third-order valence-electron chi connectivity index (χ3n) is 6.77. The van der Waals surface area contributed by atoms with Gasteiger partial charge in [-0.2, -0.15) is 4.98 Å². The molecule has 3 rings (SSSR count). The van der Waals surface area contributed by atoms with Crippen LogP contribution in [-0.4, -0.2) is 60.2 Å². The average Bonchev–Trinajstić information content (AvgIpc) is 3.22. The number of rotatable bonds is 11. The average molecular weight is 540 g/mol. The van der Waals surface area contributed by atoms with E-state index in [1.54, 1.807) is 16.4 Å². The van der Waals surface area contributed by atoms with Crippen LogP contribution in [0.2, 0.25) is 0 Å². The number of amides is 2. The van der Waals surface area contributed by atoms with Crippen molar-refractivity contribution >= 4 is 23.1 Å². The Labute approximate surface area is 229 Å². The molecule has 0 saturated carbocycles. The molecule has 10 nitrogen and oxygen atoms in total. The normalized spacial score (nSPS) is 12.6. The zero-order chi connectivity index (χ0) is 28.9. The topological polar surface area (TPSA) is 122 Å². The largest absolute Gasteiger partial charge is 0.465 e. The van der Waals surface area contributed by atoms with Crippen molar-refractivity contribution in [1.29, 1.82) is 0 Å². The van der Waals surface area contributed by atoms with Gasteiger partial charge in [0, 0.05) is 25.0 Å². The monoisotopic (exact) mass is 539 g/mol. The van der Waals surface area contributed by atoms with Crippen LogP contribution in [0.1, 0.15) is 83.9 Å². The molecule has 3 aromatic rings. The zero-order valence-corrected chi connectivity index (χ0v) is 24.1. The predicted octanol–water partition coefficient (Wildman–Crippen LogP) is 5.24. The summed E-state index contributed by atoms with van der Waals surface area (Å²) in [6.07, 6.45) is 0.270. The molecule has 10 heteroatoms. The first-order valence-electron chi connectivity index (χ1n) is 13.6. The van der Waals surface area contributed by atoms with Gasteiger partial charge in [-0.1, -0.05) is 56.3 Å². The lowest BCUT2D eigenvalue weighted by molar-refractivity contribution is -0.135. The van der Waals surface area contributed by atoms with Crippen LogP contribution in [0.3, 0.4) is 0 Å². The fourth-order valence-electron chi connectivity index (χ4n) is 4.84. The lowest BCUT2D eigenvalue weighted by Gasteiger charge is -2.36. The summed E-state index contributed by atoms with van der Waals surface area (Å²) < 4.78 is 7.02. The summed E-state index contributed by atoms with van der Waals surface area (Å²) in [6.45, 7) is 14.0. The number of carbonyl (C=O) groups excluding carboxylic acids is 1. The Hall–Kier alpha value is -3.69. The number of carboxylic acid groups (broad SMARTS) is 1. The highest BCUT2D eigenvalue weighted by atomic mass is 16.5. The minimum atomic E-state index is -1.00. The molecule has 0 saturated heterocycles. The number of aryl methyl sites for hydroxylation is 1. The van der Waals surface area contributed by atoms with Crippen LogP contribution in [0.25, 0.3) is 11.1 Å². The van der Waals surface area contributed by atoms with Gasteiger partial charge < -0.3 is 19.4 Å². The van der Waals surface area contributed by atoms with E-state index in [2.05, 4.69) is 5.16 Å². The molecular weight excluding hydrogens is 498 g/mol. The lowest BCUT2D eigenvalue weighted by atomic mass is 10.0. The summed E-state index contributed by atoms with van der Waals surface area (Å²) in [7, 11) is 0. The first-order chi connectivity index (χ1) is 18.3. The standard InChI is InChI=1S/C29H41N5O5/c1-8-22(32(23(35)17-19(2)3)15-12-16-34(28(37)38)29(5,6)7)25-30-26-24(20(4)31-39-26)27(36)33(25)18-21-13-10-9-11-14-21/h9-11,13-14,19,22H,8,12,15-18H2,1-7H3,(H,37,38). The Bertz CT molecular complexity index is 1340. The van der Waals surface area contributed by atoms with Gasteiger partial charge in [-0.15, -0.1) is 0 Å². The molecule has 2 aromatic heterocycles. The van der Waals surface area contributed by atoms with E-state index in [4.69, 9.17) is 9.51 Å². The van der Waals surface area contributed by atoms with Crippen molar-refractivity contribution in [1.82, 2.24) is 24.5 Å². The maximum atomic E-state index is 13.8. The number of hydrogen-bond donors (Lipinski definition) is 1. The van der Waals surface area contributed by atoms with Crippen molar-refractivity contribution < 1.29 is 19.2 Å². The minimum Gasteiger partial charge on any atom is -0.465 e. The molecule has 1 unspecified atom stereocenters. The second kappa shape index (κ2) is 12.4. The van der Waals surface area contributed by atoms with Gasteiger partial charge in [0.2, 0.25) is 5.91 Å². The van der Waals surface area contributed by atoms with E-state index in [0.29, 0.717) is 42.7 Å². The molecule has 1 atom stereocenters. The second-order valence-corrected chi connectivity index (χ2v) is 11.4. The Morgan fingerprint density at radius 2 is 1.79 bits per heavy atom. The maximum Gasteiger partial charge on any atom is 0.407 e. The first kappa shape index (κ1) is 29.9. The van der Waals surface area contributed by atoms with Gasteiger partial charge >= 0.3 is 6.09 Å². The van der Waals surface area contributed by atoms with E-state index in [1.165, 1.54) is 4.90 Å². The molecule has 0 radical (unpaired) electrons. The highest BCUT2D eigenvalue weighted by Crippen LogP contribution is 2.27. The summed E-state index contributed by atoms with van der Waals surface area (Å²) in [5, 5.41) is 14.0. The van der Waals surface area contributed by atoms with Crippen LogP contribution in [0.4, 0.5) is 4.79 Å². The number of fused-ring (bicyclic) bond motifs is 1. The number of carbonyl (C=O) groups is 2. The molecule has 39 heavy (non-hydrogen) atoms. The molecule has 0 aliphatic carbocycles. The molecule has 0 aliphatic rings. The van der Waals surface area contributed by atoms with E-state index in [9.17, 15) is 19.5 Å². The van der Waals surface area contributed by atoms with E-state index < -0.39 is 17.7 Å². The molecule has 2 amide bonds. The quantitative estimate of drug-likeness (QED) is 0.354. The fourth-order valence-corrected chi connectivity index (χ4v) is 4.84. The SMILES string of the molecule is CCC(c1nc2onc(C)c2c(=O)n1Cc1ccccc1)N(CCCN(C(=O)O)C(C)(C)C)C(=O)CC(C)C. The Balaban J connectivity index is 2.08. The molecule has 0 aliphatic heterocycles. The van der Waals surface area contributed by atoms with Crippen LogP contribution < -0.4 is 5.56 Å². The van der Waals surface area contributed by atoms with Crippen molar-refractivity contribution in [2.45, 2.75) is 85.9 Å². The molecule has 0 spiro atoms. The summed E-state index contributed by atoms with van der Waals surface area (Å²) >= 11 is 0. The molecular formula is C29H41N5O5. The molecule has 1 aromatic carbocycles. The molecule has 1 N–H and O–H groups in total. The van der Waals surface area contributed by atoms with Gasteiger partial charge in [0.15, 0.2) is 0 Å². The van der Waals surface area contributed by atoms with Gasteiger partial charge in [0.25, 0.3) is 11.3 Å². The van der Waals surface area contributed by atoms with Crippen molar-refractivity contribution in [2.75, 3.05) is 13.1 Å². The third kappa shape index (κ3) is 7.04. The number of aromatic nitrogens is 3.